The Morgan fingerprint density at radius 3 is 2.30 bits per heavy atom. The summed E-state index contributed by atoms with van der Waals surface area (Å²) in [7, 11) is 0. The van der Waals surface area contributed by atoms with Crippen molar-refractivity contribution < 1.29 is 7.54 Å². The zero-order chi connectivity index (χ0) is 33.4. The number of fused-ring (bicyclic) bond motifs is 1. The van der Waals surface area contributed by atoms with Crippen molar-refractivity contribution in [3.05, 3.63) is 88.3 Å². The molecule has 1 amide bonds. The summed E-state index contributed by atoms with van der Waals surface area (Å²) in [5.74, 6) is 0.184. The van der Waals surface area contributed by atoms with Gasteiger partial charge in [0.25, 0.3) is 0 Å². The number of nitrogens with zero attached hydrogens (tertiary/aromatic N) is 7. The number of pyridine rings is 1. The molecule has 4 aromatic rings. The quantitative estimate of drug-likeness (QED) is 0.223. The van der Waals surface area contributed by atoms with Crippen LogP contribution in [0.15, 0.2) is 60.6 Å². The van der Waals surface area contributed by atoms with Gasteiger partial charge in [-0.25, -0.2) is 24.3 Å². The number of hydrogen-bond acceptors (Lipinski definition) is 7. The summed E-state index contributed by atoms with van der Waals surface area (Å²) in [5.41, 5.74) is 3.29. The fourth-order valence-electron chi connectivity index (χ4n) is 6.06. The Kier molecular flexibility index (Phi) is 7.95. The molecule has 1 aliphatic rings. The van der Waals surface area contributed by atoms with Crippen molar-refractivity contribution >= 4 is 40.4 Å². The Morgan fingerprint density at radius 2 is 1.70 bits per heavy atom. The molecular formula is C34H38ClN7O2. The number of benzene rings is 1. The minimum atomic E-state index is -0.543. The number of halogens is 1. The lowest BCUT2D eigenvalue weighted by Crippen LogP contribution is -2.58. The molecule has 5 rings (SSSR count). The van der Waals surface area contributed by atoms with Crippen molar-refractivity contribution in [2.75, 3.05) is 18.0 Å². The number of rotatable bonds is 7. The Balaban J connectivity index is 1.89. The van der Waals surface area contributed by atoms with E-state index in [9.17, 15) is 9.59 Å². The highest BCUT2D eigenvalue weighted by Gasteiger charge is 2.35. The Hall–Kier alpha value is -4.37. The van der Waals surface area contributed by atoms with Gasteiger partial charge in [-0.1, -0.05) is 82.7 Å². The monoisotopic (exact) mass is 613 g/mol. The van der Waals surface area contributed by atoms with Crippen molar-refractivity contribution in [2.24, 2.45) is 0 Å². The second kappa shape index (κ2) is 12.3. The molecule has 9 nitrogen and oxygen atoms in total. The van der Waals surface area contributed by atoms with E-state index in [-0.39, 0.29) is 36.4 Å². The number of amides is 1. The van der Waals surface area contributed by atoms with E-state index in [1.807, 2.05) is 59.7 Å². The third-order valence-corrected chi connectivity index (χ3v) is 8.31. The van der Waals surface area contributed by atoms with Gasteiger partial charge in [-0.05, 0) is 43.4 Å². The van der Waals surface area contributed by atoms with Crippen molar-refractivity contribution in [1.29, 1.82) is 0 Å². The number of hydrogen-bond donors (Lipinski definition) is 0. The van der Waals surface area contributed by atoms with Crippen molar-refractivity contribution in [2.45, 2.75) is 65.5 Å². The van der Waals surface area contributed by atoms with Crippen molar-refractivity contribution in [1.82, 2.24) is 29.4 Å². The largest absolute Gasteiger partial charge is 0.355 e. The van der Waals surface area contributed by atoms with E-state index < -0.39 is 5.69 Å². The summed E-state index contributed by atoms with van der Waals surface area (Å²) in [6, 6.07) is 8.66. The van der Waals surface area contributed by atoms with Crippen LogP contribution in [0.2, 0.25) is 5.02 Å². The molecule has 228 valence electrons. The molecule has 0 radical (unpaired) electrons. The standard InChI is InChI=1S/C34H38ClN7O2/c1-9-23-13-11-12-14-24(23)30-26(35)15-25-32(38-30)42(31-28(19(3)4)36-18-37-29(31)20(5)6)34(44)39-33(25)41-21(7)16-40(17-22(41)8)27(43)10-2/h9-15,18-22H,1-2,16-17H2,3-8H3/t21-,22-/m0/s1/i1D2. The fraction of sp³-hybridized carbons (Fsp3) is 0.353. The normalized spacial score (nSPS) is 17.6. The second-order valence-corrected chi connectivity index (χ2v) is 12.2. The molecule has 10 heteroatoms. The number of aromatic nitrogens is 5. The molecular weight excluding hydrogens is 574 g/mol. The van der Waals surface area contributed by atoms with Crippen LogP contribution >= 0.6 is 11.6 Å². The number of anilines is 1. The van der Waals surface area contributed by atoms with Gasteiger partial charge in [0.05, 0.1) is 35.9 Å². The first-order chi connectivity index (χ1) is 21.8. The Labute approximate surface area is 265 Å². The molecule has 1 aromatic carbocycles. The van der Waals surface area contributed by atoms with Crippen LogP contribution in [0.4, 0.5) is 5.82 Å². The van der Waals surface area contributed by atoms with Crippen molar-refractivity contribution in [3.8, 4) is 16.9 Å². The molecule has 44 heavy (non-hydrogen) atoms. The molecule has 0 spiro atoms. The highest BCUT2D eigenvalue weighted by atomic mass is 35.5. The fourth-order valence-corrected chi connectivity index (χ4v) is 6.31. The minimum Gasteiger partial charge on any atom is -0.347 e. The van der Waals surface area contributed by atoms with E-state index in [2.05, 4.69) is 26.4 Å². The minimum absolute atomic E-state index is 0.0437. The highest BCUT2D eigenvalue weighted by molar-refractivity contribution is 6.34. The van der Waals surface area contributed by atoms with E-state index in [4.69, 9.17) is 19.3 Å². The summed E-state index contributed by atoms with van der Waals surface area (Å²) >= 11 is 7.02. The van der Waals surface area contributed by atoms with Crippen LogP contribution in [-0.4, -0.2) is 60.5 Å². The van der Waals surface area contributed by atoms with Gasteiger partial charge in [-0.2, -0.15) is 4.98 Å². The SMILES string of the molecule is [2H]C([2H])=Cc1ccccc1-c1nc2c(cc1Cl)c(N1[C@@H](C)CN(C(=O)C=C)C[C@@H]1C)nc(=O)n2-c1c(C(C)C)ncnc1C(C)C. The molecule has 1 saturated heterocycles. The molecule has 1 fully saturated rings. The molecule has 4 heterocycles. The second-order valence-electron chi connectivity index (χ2n) is 11.8. The zero-order valence-electron chi connectivity index (χ0n) is 27.9. The van der Waals surface area contributed by atoms with Crippen LogP contribution in [0.25, 0.3) is 34.1 Å². The maximum atomic E-state index is 14.4. The summed E-state index contributed by atoms with van der Waals surface area (Å²) in [5, 5.41) is 0.870. The number of piperazine rings is 1. The first-order valence-corrected chi connectivity index (χ1v) is 15.1. The van der Waals surface area contributed by atoms with E-state index >= 15 is 0 Å². The van der Waals surface area contributed by atoms with E-state index in [1.54, 1.807) is 17.0 Å². The molecule has 0 saturated carbocycles. The van der Waals surface area contributed by atoms with Gasteiger partial charge in [-0.15, -0.1) is 0 Å². The predicted octanol–water partition coefficient (Wildman–Crippen LogP) is 6.39. The summed E-state index contributed by atoms with van der Waals surface area (Å²) < 4.78 is 17.0. The lowest BCUT2D eigenvalue weighted by atomic mass is 10.0. The molecule has 3 aromatic heterocycles. The van der Waals surface area contributed by atoms with Gasteiger partial charge < -0.3 is 9.80 Å². The summed E-state index contributed by atoms with van der Waals surface area (Å²) in [6.07, 6.45) is 4.26. The van der Waals surface area contributed by atoms with Crippen molar-refractivity contribution in [3.63, 3.8) is 0 Å². The summed E-state index contributed by atoms with van der Waals surface area (Å²) in [4.78, 5) is 49.7. The van der Waals surface area contributed by atoms with E-state index in [1.165, 1.54) is 23.0 Å². The first kappa shape index (κ1) is 28.4. The maximum Gasteiger partial charge on any atom is 0.355 e. The average Bonchev–Trinajstić information content (AvgIpc) is 3.00. The molecule has 0 aliphatic carbocycles. The molecule has 0 bridgehead atoms. The van der Waals surface area contributed by atoms with Crippen LogP contribution < -0.4 is 10.6 Å². The topological polar surface area (TPSA) is 97.1 Å². The Morgan fingerprint density at radius 1 is 1.07 bits per heavy atom. The number of carbonyl (C=O) groups excluding carboxylic acids is 1. The van der Waals surface area contributed by atoms with Crippen LogP contribution in [0.1, 0.15) is 73.1 Å². The van der Waals surface area contributed by atoms with E-state index in [0.29, 0.717) is 68.9 Å². The van der Waals surface area contributed by atoms with Gasteiger partial charge in [0.15, 0.2) is 5.65 Å². The van der Waals surface area contributed by atoms with E-state index in [0.717, 1.165) is 0 Å². The highest BCUT2D eigenvalue weighted by Crippen LogP contribution is 2.38. The predicted molar refractivity (Wildman–Crippen MR) is 178 cm³/mol. The summed E-state index contributed by atoms with van der Waals surface area (Å²) in [6.45, 7) is 16.1. The number of carbonyl (C=O) groups is 1. The van der Waals surface area contributed by atoms with Gasteiger partial charge in [0.2, 0.25) is 5.91 Å². The Bertz CT molecular complexity index is 1880. The molecule has 2 atom stereocenters. The van der Waals surface area contributed by atoms with Gasteiger partial charge >= 0.3 is 5.69 Å². The third kappa shape index (κ3) is 5.41. The van der Waals surface area contributed by atoms with Crippen LogP contribution in [0.3, 0.4) is 0 Å². The first-order valence-electron chi connectivity index (χ1n) is 15.8. The van der Waals surface area contributed by atoms with Crippen LogP contribution in [-0.2, 0) is 4.79 Å². The van der Waals surface area contributed by atoms with Gasteiger partial charge in [0, 0.05) is 30.7 Å². The molecule has 0 unspecified atom stereocenters. The maximum absolute atomic E-state index is 14.4. The lowest BCUT2D eigenvalue weighted by Gasteiger charge is -2.45. The zero-order valence-corrected chi connectivity index (χ0v) is 26.6. The lowest BCUT2D eigenvalue weighted by molar-refractivity contribution is -0.127. The van der Waals surface area contributed by atoms with Gasteiger partial charge in [0.1, 0.15) is 12.1 Å². The average molecular weight is 614 g/mol. The van der Waals surface area contributed by atoms with Gasteiger partial charge in [-0.3, -0.25) is 4.79 Å². The molecule has 0 N–H and O–H groups in total. The smallest absolute Gasteiger partial charge is 0.347 e. The third-order valence-electron chi connectivity index (χ3n) is 8.02. The van der Waals surface area contributed by atoms with Crippen LogP contribution in [0.5, 0.6) is 0 Å². The molecule has 1 aliphatic heterocycles. The van der Waals surface area contributed by atoms with Crippen LogP contribution in [0, 0.1) is 0 Å².